The summed E-state index contributed by atoms with van der Waals surface area (Å²) >= 11 is 3.46. The molecule has 126 valence electrons. The van der Waals surface area contributed by atoms with E-state index in [9.17, 15) is 4.79 Å². The first-order valence-electron chi connectivity index (χ1n) is 7.40. The molecule has 1 aromatic carbocycles. The third-order valence-corrected chi connectivity index (χ3v) is 3.57. The molecule has 0 fully saturated rings. The zero-order valence-electron chi connectivity index (χ0n) is 13.5. The minimum Gasteiger partial charge on any atom is -0.493 e. The number of hydrazone groups is 1. The van der Waals surface area contributed by atoms with Gasteiger partial charge in [-0.15, -0.1) is 0 Å². The molecule has 2 aromatic rings. The number of nitrogens with zero attached hydrogens (tertiary/aromatic N) is 2. The Balaban J connectivity index is 2.09. The molecule has 1 heterocycles. The molecule has 7 heteroatoms. The predicted octanol–water partition coefficient (Wildman–Crippen LogP) is 3.41. The van der Waals surface area contributed by atoms with Gasteiger partial charge in [-0.1, -0.05) is 13.0 Å². The highest BCUT2D eigenvalue weighted by Crippen LogP contribution is 2.36. The molecule has 0 unspecified atom stereocenters. The van der Waals surface area contributed by atoms with Crippen LogP contribution in [0.25, 0.3) is 0 Å². The SMILES string of the molecule is CCCOc1c(Br)cc(/C=N\NC(=O)c2ccccn2)cc1OC. The lowest BCUT2D eigenvalue weighted by atomic mass is 10.2. The van der Waals surface area contributed by atoms with E-state index in [1.165, 1.54) is 6.21 Å². The molecule has 2 rings (SSSR count). The number of hydrogen-bond acceptors (Lipinski definition) is 5. The topological polar surface area (TPSA) is 72.8 Å². The lowest BCUT2D eigenvalue weighted by molar-refractivity contribution is 0.0950. The number of amides is 1. The first-order valence-corrected chi connectivity index (χ1v) is 8.19. The molecule has 0 saturated heterocycles. The smallest absolute Gasteiger partial charge is 0.289 e. The van der Waals surface area contributed by atoms with Crippen LogP contribution in [0.15, 0.2) is 46.1 Å². The van der Waals surface area contributed by atoms with Gasteiger partial charge in [-0.2, -0.15) is 5.10 Å². The maximum absolute atomic E-state index is 11.9. The Labute approximate surface area is 149 Å². The van der Waals surface area contributed by atoms with E-state index < -0.39 is 0 Å². The zero-order chi connectivity index (χ0) is 17.4. The predicted molar refractivity (Wildman–Crippen MR) is 95.8 cm³/mol. The first-order chi connectivity index (χ1) is 11.7. The van der Waals surface area contributed by atoms with Gasteiger partial charge in [0.25, 0.3) is 5.91 Å². The fourth-order valence-electron chi connectivity index (χ4n) is 1.88. The molecule has 6 nitrogen and oxygen atoms in total. The number of benzene rings is 1. The molecule has 0 radical (unpaired) electrons. The molecule has 1 amide bonds. The largest absolute Gasteiger partial charge is 0.493 e. The van der Waals surface area contributed by atoms with Gasteiger partial charge in [0.15, 0.2) is 11.5 Å². The molecule has 1 N–H and O–H groups in total. The zero-order valence-corrected chi connectivity index (χ0v) is 15.0. The van der Waals surface area contributed by atoms with Gasteiger partial charge >= 0.3 is 0 Å². The Morgan fingerprint density at radius 2 is 2.25 bits per heavy atom. The summed E-state index contributed by atoms with van der Waals surface area (Å²) in [4.78, 5) is 15.8. The van der Waals surface area contributed by atoms with Crippen molar-refractivity contribution in [3.8, 4) is 11.5 Å². The third-order valence-electron chi connectivity index (χ3n) is 2.98. The number of halogens is 1. The van der Waals surface area contributed by atoms with Crippen LogP contribution in [0.3, 0.4) is 0 Å². The fraction of sp³-hybridized carbons (Fsp3) is 0.235. The van der Waals surface area contributed by atoms with Crippen molar-refractivity contribution in [1.29, 1.82) is 0 Å². The highest BCUT2D eigenvalue weighted by molar-refractivity contribution is 9.10. The number of rotatable bonds is 7. The Morgan fingerprint density at radius 3 is 2.92 bits per heavy atom. The van der Waals surface area contributed by atoms with Crippen LogP contribution in [0.5, 0.6) is 11.5 Å². The lowest BCUT2D eigenvalue weighted by Crippen LogP contribution is -2.18. The Bertz CT molecular complexity index is 721. The molecule has 0 aliphatic carbocycles. The Morgan fingerprint density at radius 1 is 1.42 bits per heavy atom. The van der Waals surface area contributed by atoms with Crippen molar-refractivity contribution < 1.29 is 14.3 Å². The van der Waals surface area contributed by atoms with Crippen LogP contribution in [0.4, 0.5) is 0 Å². The summed E-state index contributed by atoms with van der Waals surface area (Å²) < 4.78 is 11.8. The number of nitrogens with one attached hydrogen (secondary N) is 1. The van der Waals surface area contributed by atoms with Crippen LogP contribution in [-0.4, -0.2) is 30.8 Å². The minimum atomic E-state index is -0.374. The van der Waals surface area contributed by atoms with E-state index >= 15 is 0 Å². The Hall–Kier alpha value is -2.41. The highest BCUT2D eigenvalue weighted by Gasteiger charge is 2.11. The second-order valence-corrected chi connectivity index (χ2v) is 5.65. The van der Waals surface area contributed by atoms with Crippen LogP contribution in [-0.2, 0) is 0 Å². The van der Waals surface area contributed by atoms with Gasteiger partial charge in [0, 0.05) is 6.20 Å². The van der Waals surface area contributed by atoms with E-state index in [2.05, 4.69) is 31.4 Å². The second kappa shape index (κ2) is 9.02. The van der Waals surface area contributed by atoms with Crippen LogP contribution in [0.1, 0.15) is 29.4 Å². The van der Waals surface area contributed by atoms with Crippen molar-refractivity contribution in [2.24, 2.45) is 5.10 Å². The van der Waals surface area contributed by atoms with Crippen LogP contribution in [0.2, 0.25) is 0 Å². The number of hydrogen-bond donors (Lipinski definition) is 1. The monoisotopic (exact) mass is 391 g/mol. The average Bonchev–Trinajstić information content (AvgIpc) is 2.61. The number of aromatic nitrogens is 1. The van der Waals surface area contributed by atoms with Crippen molar-refractivity contribution >= 4 is 28.1 Å². The molecule has 0 aliphatic heterocycles. The quantitative estimate of drug-likeness (QED) is 0.579. The van der Waals surface area contributed by atoms with Gasteiger partial charge in [-0.25, -0.2) is 5.43 Å². The number of methoxy groups -OCH3 is 1. The summed E-state index contributed by atoms with van der Waals surface area (Å²) in [5, 5.41) is 3.94. The van der Waals surface area contributed by atoms with Gasteiger partial charge in [0.2, 0.25) is 0 Å². The van der Waals surface area contributed by atoms with E-state index in [0.717, 1.165) is 16.5 Å². The summed E-state index contributed by atoms with van der Waals surface area (Å²) in [6, 6.07) is 8.72. The van der Waals surface area contributed by atoms with Crippen molar-refractivity contribution in [2.45, 2.75) is 13.3 Å². The lowest BCUT2D eigenvalue weighted by Gasteiger charge is -2.12. The minimum absolute atomic E-state index is 0.303. The van der Waals surface area contributed by atoms with Crippen molar-refractivity contribution in [1.82, 2.24) is 10.4 Å². The van der Waals surface area contributed by atoms with Gasteiger partial charge in [-0.3, -0.25) is 9.78 Å². The van der Waals surface area contributed by atoms with E-state index in [0.29, 0.717) is 23.8 Å². The summed E-state index contributed by atoms with van der Waals surface area (Å²) in [6.07, 6.45) is 3.98. The van der Waals surface area contributed by atoms with Crippen LogP contribution >= 0.6 is 15.9 Å². The van der Waals surface area contributed by atoms with Gasteiger partial charge in [-0.05, 0) is 52.2 Å². The second-order valence-electron chi connectivity index (χ2n) is 4.80. The molecule has 1 aromatic heterocycles. The molecular weight excluding hydrogens is 374 g/mol. The van der Waals surface area contributed by atoms with Gasteiger partial charge < -0.3 is 9.47 Å². The molecular formula is C17H18BrN3O3. The standard InChI is InChI=1S/C17H18BrN3O3/c1-3-8-24-16-13(18)9-12(10-15(16)23-2)11-20-21-17(22)14-6-4-5-7-19-14/h4-7,9-11H,3,8H2,1-2H3,(H,21,22)/b20-11-. The molecule has 24 heavy (non-hydrogen) atoms. The number of carbonyl (C=O) groups excluding carboxylic acids is 1. The molecule has 0 bridgehead atoms. The van der Waals surface area contributed by atoms with Gasteiger partial charge in [0.1, 0.15) is 5.69 Å². The van der Waals surface area contributed by atoms with E-state index in [1.807, 2.05) is 13.0 Å². The van der Waals surface area contributed by atoms with Crippen molar-refractivity contribution in [3.05, 3.63) is 52.3 Å². The normalized spacial score (nSPS) is 10.6. The summed E-state index contributed by atoms with van der Waals surface area (Å²) in [5.74, 6) is 0.866. The number of pyridine rings is 1. The number of ether oxygens (including phenoxy) is 2. The Kier molecular flexibility index (Phi) is 6.74. The maximum atomic E-state index is 11.9. The number of carbonyl (C=O) groups is 1. The third kappa shape index (κ3) is 4.79. The van der Waals surface area contributed by atoms with E-state index in [4.69, 9.17) is 9.47 Å². The fourth-order valence-corrected chi connectivity index (χ4v) is 2.45. The summed E-state index contributed by atoms with van der Waals surface area (Å²) in [6.45, 7) is 2.63. The molecule has 0 saturated carbocycles. The van der Waals surface area contributed by atoms with Crippen molar-refractivity contribution in [2.75, 3.05) is 13.7 Å². The molecule has 0 atom stereocenters. The van der Waals surface area contributed by atoms with Crippen LogP contribution < -0.4 is 14.9 Å². The molecule has 0 aliphatic rings. The van der Waals surface area contributed by atoms with E-state index in [1.54, 1.807) is 37.6 Å². The summed E-state index contributed by atoms with van der Waals surface area (Å²) in [5.41, 5.74) is 3.49. The molecule has 0 spiro atoms. The highest BCUT2D eigenvalue weighted by atomic mass is 79.9. The van der Waals surface area contributed by atoms with Crippen molar-refractivity contribution in [3.63, 3.8) is 0 Å². The van der Waals surface area contributed by atoms with Gasteiger partial charge in [0.05, 0.1) is 24.4 Å². The first kappa shape index (κ1) is 17.9. The van der Waals surface area contributed by atoms with Crippen LogP contribution in [0, 0.1) is 0 Å². The summed E-state index contributed by atoms with van der Waals surface area (Å²) in [7, 11) is 1.57. The average molecular weight is 392 g/mol. The van der Waals surface area contributed by atoms with E-state index in [-0.39, 0.29) is 5.91 Å². The maximum Gasteiger partial charge on any atom is 0.289 e.